The van der Waals surface area contributed by atoms with Crippen molar-refractivity contribution in [1.29, 1.82) is 0 Å². The second-order valence-corrected chi connectivity index (χ2v) is 6.38. The number of carbonyl (C=O) groups excluding carboxylic acids is 2. The van der Waals surface area contributed by atoms with E-state index in [0.29, 0.717) is 5.56 Å². The summed E-state index contributed by atoms with van der Waals surface area (Å²) in [6, 6.07) is 5.50. The van der Waals surface area contributed by atoms with Crippen molar-refractivity contribution in [3.63, 3.8) is 0 Å². The second kappa shape index (κ2) is 8.11. The Balaban J connectivity index is 1.83. The molecule has 5 nitrogen and oxygen atoms in total. The molecule has 0 unspecified atom stereocenters. The first-order chi connectivity index (χ1) is 11.0. The van der Waals surface area contributed by atoms with Gasteiger partial charge in [0.15, 0.2) is 0 Å². The predicted octanol–water partition coefficient (Wildman–Crippen LogP) is 1.70. The summed E-state index contributed by atoms with van der Waals surface area (Å²) >= 11 is 0. The standard InChI is InChI=1S/C18H26N2O3/c1-12-7-8-14(9-13(12)2)18(23)19-10-17(22)20-16-6-4-3-5-15(16)11-21/h7-9,15-16,21H,3-6,10-11H2,1-2H3,(H,19,23)(H,20,22)/t15-,16-/m1/s1. The molecular formula is C18H26N2O3. The van der Waals surface area contributed by atoms with Crippen LogP contribution >= 0.6 is 0 Å². The van der Waals surface area contributed by atoms with E-state index in [1.54, 1.807) is 6.07 Å². The number of rotatable bonds is 5. The van der Waals surface area contributed by atoms with Gasteiger partial charge in [-0.3, -0.25) is 9.59 Å². The molecule has 1 aliphatic carbocycles. The Morgan fingerprint density at radius 3 is 2.61 bits per heavy atom. The largest absolute Gasteiger partial charge is 0.396 e. The number of hydrogen-bond donors (Lipinski definition) is 3. The lowest BCUT2D eigenvalue weighted by molar-refractivity contribution is -0.121. The van der Waals surface area contributed by atoms with E-state index in [1.807, 2.05) is 26.0 Å². The number of aryl methyl sites for hydroxylation is 2. The third-order valence-corrected chi connectivity index (χ3v) is 4.67. The van der Waals surface area contributed by atoms with Gasteiger partial charge in [0.05, 0.1) is 6.54 Å². The number of amides is 2. The fourth-order valence-corrected chi connectivity index (χ4v) is 3.02. The molecule has 0 heterocycles. The fraction of sp³-hybridized carbons (Fsp3) is 0.556. The number of aliphatic hydroxyl groups is 1. The van der Waals surface area contributed by atoms with Crippen LogP contribution in [0.15, 0.2) is 18.2 Å². The van der Waals surface area contributed by atoms with Crippen LogP contribution in [-0.4, -0.2) is 36.1 Å². The Bertz CT molecular complexity index is 571. The van der Waals surface area contributed by atoms with Gasteiger partial charge < -0.3 is 15.7 Å². The number of carbonyl (C=O) groups is 2. The molecular weight excluding hydrogens is 292 g/mol. The minimum Gasteiger partial charge on any atom is -0.396 e. The molecule has 23 heavy (non-hydrogen) atoms. The van der Waals surface area contributed by atoms with Gasteiger partial charge in [0.25, 0.3) is 5.91 Å². The molecule has 1 aliphatic rings. The van der Waals surface area contributed by atoms with Crippen molar-refractivity contribution in [2.75, 3.05) is 13.2 Å². The quantitative estimate of drug-likeness (QED) is 0.773. The molecule has 2 amide bonds. The summed E-state index contributed by atoms with van der Waals surface area (Å²) in [6.07, 6.45) is 4.00. The summed E-state index contributed by atoms with van der Waals surface area (Å²) in [5, 5.41) is 15.0. The van der Waals surface area contributed by atoms with Crippen molar-refractivity contribution in [3.8, 4) is 0 Å². The first-order valence-corrected chi connectivity index (χ1v) is 8.27. The van der Waals surface area contributed by atoms with Gasteiger partial charge in [-0.05, 0) is 49.9 Å². The first-order valence-electron chi connectivity index (χ1n) is 8.27. The lowest BCUT2D eigenvalue weighted by Gasteiger charge is -2.30. The van der Waals surface area contributed by atoms with E-state index in [1.165, 1.54) is 0 Å². The summed E-state index contributed by atoms with van der Waals surface area (Å²) in [5.41, 5.74) is 2.74. The summed E-state index contributed by atoms with van der Waals surface area (Å²) in [7, 11) is 0. The lowest BCUT2D eigenvalue weighted by Crippen LogP contribution is -2.47. The topological polar surface area (TPSA) is 78.4 Å². The highest BCUT2D eigenvalue weighted by Gasteiger charge is 2.25. The first kappa shape index (κ1) is 17.5. The molecule has 1 aromatic carbocycles. The van der Waals surface area contributed by atoms with Crippen molar-refractivity contribution in [3.05, 3.63) is 34.9 Å². The Labute approximate surface area is 137 Å². The van der Waals surface area contributed by atoms with Crippen LogP contribution in [0, 0.1) is 19.8 Å². The Morgan fingerprint density at radius 2 is 1.91 bits per heavy atom. The maximum atomic E-state index is 12.1. The van der Waals surface area contributed by atoms with Crippen molar-refractivity contribution >= 4 is 11.8 Å². The molecule has 0 saturated heterocycles. The Hall–Kier alpha value is -1.88. The van der Waals surface area contributed by atoms with E-state index in [9.17, 15) is 14.7 Å². The van der Waals surface area contributed by atoms with Crippen molar-refractivity contribution in [2.45, 2.75) is 45.6 Å². The van der Waals surface area contributed by atoms with E-state index >= 15 is 0 Å². The van der Waals surface area contributed by atoms with Crippen LogP contribution in [0.1, 0.15) is 47.2 Å². The number of hydrogen-bond acceptors (Lipinski definition) is 3. The molecule has 1 fully saturated rings. The summed E-state index contributed by atoms with van der Waals surface area (Å²) in [5.74, 6) is -0.318. The van der Waals surface area contributed by atoms with Crippen LogP contribution in [0.2, 0.25) is 0 Å². The predicted molar refractivity (Wildman–Crippen MR) is 89.2 cm³/mol. The highest BCUT2D eigenvalue weighted by atomic mass is 16.3. The van der Waals surface area contributed by atoms with Crippen molar-refractivity contribution in [1.82, 2.24) is 10.6 Å². The summed E-state index contributed by atoms with van der Waals surface area (Å²) in [6.45, 7) is 4.00. The van der Waals surface area contributed by atoms with Crippen LogP contribution < -0.4 is 10.6 Å². The number of aliphatic hydroxyl groups excluding tert-OH is 1. The highest BCUT2D eigenvalue weighted by Crippen LogP contribution is 2.23. The molecule has 0 aliphatic heterocycles. The van der Waals surface area contributed by atoms with E-state index < -0.39 is 0 Å². The van der Waals surface area contributed by atoms with Gasteiger partial charge in [0.2, 0.25) is 5.91 Å². The third kappa shape index (κ3) is 4.79. The average Bonchev–Trinajstić information content (AvgIpc) is 2.55. The normalized spacial score (nSPS) is 20.8. The third-order valence-electron chi connectivity index (χ3n) is 4.67. The number of nitrogens with one attached hydrogen (secondary N) is 2. The smallest absolute Gasteiger partial charge is 0.251 e. The molecule has 2 rings (SSSR count). The van der Waals surface area contributed by atoms with Crippen LogP contribution in [0.4, 0.5) is 0 Å². The zero-order chi connectivity index (χ0) is 16.8. The number of benzene rings is 1. The van der Waals surface area contributed by atoms with Crippen LogP contribution in [-0.2, 0) is 4.79 Å². The SMILES string of the molecule is Cc1ccc(C(=O)NCC(=O)N[C@@H]2CCCC[C@@H]2CO)cc1C. The summed E-state index contributed by atoms with van der Waals surface area (Å²) < 4.78 is 0. The Kier molecular flexibility index (Phi) is 6.16. The Morgan fingerprint density at radius 1 is 1.17 bits per heavy atom. The van der Waals surface area contributed by atoms with Gasteiger partial charge in [0, 0.05) is 24.1 Å². The second-order valence-electron chi connectivity index (χ2n) is 6.38. The van der Waals surface area contributed by atoms with Gasteiger partial charge in [-0.25, -0.2) is 0 Å². The van der Waals surface area contributed by atoms with Gasteiger partial charge in [-0.2, -0.15) is 0 Å². The molecule has 126 valence electrons. The molecule has 3 N–H and O–H groups in total. The van der Waals surface area contributed by atoms with Crippen LogP contribution in [0.3, 0.4) is 0 Å². The van der Waals surface area contributed by atoms with Crippen LogP contribution in [0.25, 0.3) is 0 Å². The fourth-order valence-electron chi connectivity index (χ4n) is 3.02. The van der Waals surface area contributed by atoms with E-state index in [-0.39, 0.29) is 36.9 Å². The maximum absolute atomic E-state index is 12.1. The molecule has 1 saturated carbocycles. The minimum absolute atomic E-state index is 0.0137. The van der Waals surface area contributed by atoms with Crippen molar-refractivity contribution < 1.29 is 14.7 Å². The molecule has 0 aromatic heterocycles. The zero-order valence-corrected chi connectivity index (χ0v) is 13.9. The zero-order valence-electron chi connectivity index (χ0n) is 13.9. The monoisotopic (exact) mass is 318 g/mol. The summed E-state index contributed by atoms with van der Waals surface area (Å²) in [4.78, 5) is 24.1. The van der Waals surface area contributed by atoms with E-state index in [0.717, 1.165) is 36.8 Å². The molecule has 0 bridgehead atoms. The molecule has 0 radical (unpaired) electrons. The molecule has 5 heteroatoms. The molecule has 0 spiro atoms. The highest BCUT2D eigenvalue weighted by molar-refractivity contribution is 5.96. The van der Waals surface area contributed by atoms with Crippen molar-refractivity contribution in [2.24, 2.45) is 5.92 Å². The van der Waals surface area contributed by atoms with Gasteiger partial charge in [0.1, 0.15) is 0 Å². The maximum Gasteiger partial charge on any atom is 0.251 e. The van der Waals surface area contributed by atoms with E-state index in [4.69, 9.17) is 0 Å². The molecule has 1 aromatic rings. The van der Waals surface area contributed by atoms with Gasteiger partial charge in [-0.1, -0.05) is 18.9 Å². The average molecular weight is 318 g/mol. The van der Waals surface area contributed by atoms with Crippen LogP contribution in [0.5, 0.6) is 0 Å². The van der Waals surface area contributed by atoms with Gasteiger partial charge in [-0.15, -0.1) is 0 Å². The lowest BCUT2D eigenvalue weighted by atomic mass is 9.85. The van der Waals surface area contributed by atoms with E-state index in [2.05, 4.69) is 10.6 Å². The minimum atomic E-state index is -0.245. The van der Waals surface area contributed by atoms with Gasteiger partial charge >= 0.3 is 0 Å². The molecule has 2 atom stereocenters.